The SMILES string of the molecule is Nc1nc(-c2ccccn2)c(C2CCOCC2)s1. The molecule has 1 aliphatic rings. The summed E-state index contributed by atoms with van der Waals surface area (Å²) < 4.78 is 5.41. The van der Waals surface area contributed by atoms with E-state index in [4.69, 9.17) is 10.5 Å². The number of anilines is 1. The van der Waals surface area contributed by atoms with Crippen LogP contribution in [0.2, 0.25) is 0 Å². The maximum Gasteiger partial charge on any atom is 0.180 e. The minimum atomic E-state index is 0.505. The number of aromatic nitrogens is 2. The highest BCUT2D eigenvalue weighted by atomic mass is 32.1. The first-order valence-electron chi connectivity index (χ1n) is 6.10. The van der Waals surface area contributed by atoms with E-state index in [1.165, 1.54) is 4.88 Å². The molecule has 0 atom stereocenters. The molecule has 94 valence electrons. The molecule has 5 heteroatoms. The van der Waals surface area contributed by atoms with Crippen LogP contribution in [0.1, 0.15) is 23.6 Å². The molecule has 1 saturated heterocycles. The van der Waals surface area contributed by atoms with E-state index in [0.29, 0.717) is 11.0 Å². The molecule has 0 unspecified atom stereocenters. The Balaban J connectivity index is 1.99. The summed E-state index contributed by atoms with van der Waals surface area (Å²) in [6.07, 6.45) is 3.88. The van der Waals surface area contributed by atoms with Crippen LogP contribution in [0.5, 0.6) is 0 Å². The number of hydrogen-bond donors (Lipinski definition) is 1. The van der Waals surface area contributed by atoms with Gasteiger partial charge in [-0.2, -0.15) is 0 Å². The van der Waals surface area contributed by atoms with Crippen molar-refractivity contribution in [3.05, 3.63) is 29.3 Å². The number of hydrogen-bond acceptors (Lipinski definition) is 5. The van der Waals surface area contributed by atoms with Gasteiger partial charge in [-0.25, -0.2) is 4.98 Å². The Hall–Kier alpha value is -1.46. The van der Waals surface area contributed by atoms with E-state index in [0.717, 1.165) is 37.4 Å². The summed E-state index contributed by atoms with van der Waals surface area (Å²) in [5.74, 6) is 0.505. The average molecular weight is 261 g/mol. The lowest BCUT2D eigenvalue weighted by molar-refractivity contribution is 0.0860. The molecule has 3 rings (SSSR count). The molecule has 0 saturated carbocycles. The smallest absolute Gasteiger partial charge is 0.180 e. The second-order valence-electron chi connectivity index (χ2n) is 4.37. The fourth-order valence-corrected chi connectivity index (χ4v) is 3.28. The molecule has 1 fully saturated rings. The Bertz CT molecular complexity index is 520. The third-order valence-electron chi connectivity index (χ3n) is 3.17. The third-order valence-corrected chi connectivity index (χ3v) is 4.22. The maximum atomic E-state index is 5.87. The Morgan fingerprint density at radius 3 is 2.83 bits per heavy atom. The number of thiazole rings is 1. The van der Waals surface area contributed by atoms with Gasteiger partial charge in [0, 0.05) is 30.2 Å². The predicted octanol–water partition coefficient (Wildman–Crippen LogP) is 2.68. The number of ether oxygens (including phenoxy) is 1. The largest absolute Gasteiger partial charge is 0.381 e. The Kier molecular flexibility index (Phi) is 3.25. The summed E-state index contributed by atoms with van der Waals surface area (Å²) in [6, 6.07) is 5.87. The normalized spacial score (nSPS) is 16.9. The van der Waals surface area contributed by atoms with E-state index in [2.05, 4.69) is 9.97 Å². The van der Waals surface area contributed by atoms with E-state index in [9.17, 15) is 0 Å². The standard InChI is InChI=1S/C13H15N3OS/c14-13-16-11(10-3-1-2-6-15-10)12(18-13)9-4-7-17-8-5-9/h1-3,6,9H,4-5,7-8H2,(H2,14,16). The van der Waals surface area contributed by atoms with Gasteiger partial charge in [-0.3, -0.25) is 4.98 Å². The van der Waals surface area contributed by atoms with Crippen molar-refractivity contribution in [3.8, 4) is 11.4 Å². The molecule has 0 radical (unpaired) electrons. The minimum absolute atomic E-state index is 0.505. The van der Waals surface area contributed by atoms with Crippen LogP contribution in [-0.2, 0) is 4.74 Å². The van der Waals surface area contributed by atoms with Crippen molar-refractivity contribution >= 4 is 16.5 Å². The molecule has 18 heavy (non-hydrogen) atoms. The van der Waals surface area contributed by atoms with Gasteiger partial charge in [0.25, 0.3) is 0 Å². The molecule has 1 aliphatic heterocycles. The fourth-order valence-electron chi connectivity index (χ4n) is 2.27. The lowest BCUT2D eigenvalue weighted by Gasteiger charge is -2.21. The summed E-state index contributed by atoms with van der Waals surface area (Å²) >= 11 is 1.59. The molecule has 0 aromatic carbocycles. The molecule has 2 N–H and O–H groups in total. The van der Waals surface area contributed by atoms with E-state index in [1.807, 2.05) is 18.2 Å². The van der Waals surface area contributed by atoms with Crippen LogP contribution in [0.3, 0.4) is 0 Å². The molecule has 0 amide bonds. The Morgan fingerprint density at radius 2 is 2.11 bits per heavy atom. The summed E-state index contributed by atoms with van der Waals surface area (Å²) in [6.45, 7) is 1.65. The second kappa shape index (κ2) is 5.04. The van der Waals surface area contributed by atoms with E-state index < -0.39 is 0 Å². The molecule has 0 aliphatic carbocycles. The zero-order valence-corrected chi connectivity index (χ0v) is 10.8. The van der Waals surface area contributed by atoms with E-state index >= 15 is 0 Å². The molecule has 0 spiro atoms. The Labute approximate surface area is 110 Å². The third kappa shape index (κ3) is 2.23. The highest BCUT2D eigenvalue weighted by Crippen LogP contribution is 2.38. The van der Waals surface area contributed by atoms with Crippen LogP contribution < -0.4 is 5.73 Å². The van der Waals surface area contributed by atoms with Gasteiger partial charge in [0.1, 0.15) is 5.69 Å². The van der Waals surface area contributed by atoms with Gasteiger partial charge < -0.3 is 10.5 Å². The number of nitrogens with two attached hydrogens (primary N) is 1. The fraction of sp³-hybridized carbons (Fsp3) is 0.385. The summed E-state index contributed by atoms with van der Waals surface area (Å²) in [5, 5.41) is 0.622. The summed E-state index contributed by atoms with van der Waals surface area (Å²) in [4.78, 5) is 10.1. The molecule has 2 aromatic heterocycles. The van der Waals surface area contributed by atoms with Gasteiger partial charge in [-0.15, -0.1) is 11.3 Å². The van der Waals surface area contributed by atoms with Crippen molar-refractivity contribution < 1.29 is 4.74 Å². The molecule has 2 aromatic rings. The lowest BCUT2D eigenvalue weighted by Crippen LogP contribution is -2.13. The van der Waals surface area contributed by atoms with Crippen molar-refractivity contribution in [1.29, 1.82) is 0 Å². The van der Waals surface area contributed by atoms with Crippen LogP contribution in [0, 0.1) is 0 Å². The summed E-state index contributed by atoms with van der Waals surface area (Å²) in [5.41, 5.74) is 7.73. The highest BCUT2D eigenvalue weighted by Gasteiger charge is 2.23. The van der Waals surface area contributed by atoms with Crippen molar-refractivity contribution in [3.63, 3.8) is 0 Å². The van der Waals surface area contributed by atoms with Gasteiger partial charge in [0.15, 0.2) is 5.13 Å². The average Bonchev–Trinajstić information content (AvgIpc) is 2.83. The zero-order chi connectivity index (χ0) is 12.4. The van der Waals surface area contributed by atoms with Gasteiger partial charge in [-0.1, -0.05) is 6.07 Å². The number of nitrogens with zero attached hydrogens (tertiary/aromatic N) is 2. The minimum Gasteiger partial charge on any atom is -0.381 e. The topological polar surface area (TPSA) is 61.0 Å². The quantitative estimate of drug-likeness (QED) is 0.903. The predicted molar refractivity (Wildman–Crippen MR) is 72.6 cm³/mol. The van der Waals surface area contributed by atoms with Crippen LogP contribution in [-0.4, -0.2) is 23.2 Å². The molecule has 0 bridgehead atoms. The second-order valence-corrected chi connectivity index (χ2v) is 5.43. The first kappa shape index (κ1) is 11.6. The van der Waals surface area contributed by atoms with Gasteiger partial charge in [0.05, 0.1) is 5.69 Å². The van der Waals surface area contributed by atoms with Crippen molar-refractivity contribution in [2.45, 2.75) is 18.8 Å². The summed E-state index contributed by atoms with van der Waals surface area (Å²) in [7, 11) is 0. The van der Waals surface area contributed by atoms with Crippen molar-refractivity contribution in [2.24, 2.45) is 0 Å². The van der Waals surface area contributed by atoms with Crippen LogP contribution in [0.25, 0.3) is 11.4 Å². The van der Waals surface area contributed by atoms with Crippen molar-refractivity contribution in [2.75, 3.05) is 18.9 Å². The number of rotatable bonds is 2. The molecule has 4 nitrogen and oxygen atoms in total. The van der Waals surface area contributed by atoms with Gasteiger partial charge >= 0.3 is 0 Å². The van der Waals surface area contributed by atoms with Crippen LogP contribution >= 0.6 is 11.3 Å². The monoisotopic (exact) mass is 261 g/mol. The number of pyridine rings is 1. The molecular formula is C13H15N3OS. The first-order chi connectivity index (χ1) is 8.84. The van der Waals surface area contributed by atoms with Crippen LogP contribution in [0.4, 0.5) is 5.13 Å². The van der Waals surface area contributed by atoms with Crippen LogP contribution in [0.15, 0.2) is 24.4 Å². The van der Waals surface area contributed by atoms with E-state index in [1.54, 1.807) is 17.5 Å². The molecular weight excluding hydrogens is 246 g/mol. The highest BCUT2D eigenvalue weighted by molar-refractivity contribution is 7.15. The Morgan fingerprint density at radius 1 is 1.28 bits per heavy atom. The lowest BCUT2D eigenvalue weighted by atomic mass is 9.96. The van der Waals surface area contributed by atoms with E-state index in [-0.39, 0.29) is 0 Å². The molecule has 3 heterocycles. The first-order valence-corrected chi connectivity index (χ1v) is 6.91. The van der Waals surface area contributed by atoms with Gasteiger partial charge in [0.2, 0.25) is 0 Å². The number of nitrogen functional groups attached to an aromatic ring is 1. The van der Waals surface area contributed by atoms with Crippen molar-refractivity contribution in [1.82, 2.24) is 9.97 Å². The zero-order valence-electron chi connectivity index (χ0n) is 10.0. The maximum absolute atomic E-state index is 5.87. The van der Waals surface area contributed by atoms with Gasteiger partial charge in [-0.05, 0) is 25.0 Å².